The summed E-state index contributed by atoms with van der Waals surface area (Å²) in [6.45, 7) is 2.40. The van der Waals surface area contributed by atoms with Gasteiger partial charge in [-0.25, -0.2) is 0 Å². The summed E-state index contributed by atoms with van der Waals surface area (Å²) in [6, 6.07) is 16.3. The van der Waals surface area contributed by atoms with E-state index in [4.69, 9.17) is 14.2 Å². The third-order valence-electron chi connectivity index (χ3n) is 5.54. The Balaban J connectivity index is 1.34. The van der Waals surface area contributed by atoms with Crippen LogP contribution in [0.1, 0.15) is 30.4 Å². The first kappa shape index (κ1) is 17.9. The highest BCUT2D eigenvalue weighted by atomic mass is 16.7. The number of amides is 1. The Kier molecular flexibility index (Phi) is 5.30. The van der Waals surface area contributed by atoms with Crippen LogP contribution >= 0.6 is 0 Å². The van der Waals surface area contributed by atoms with Crippen LogP contribution in [-0.4, -0.2) is 32.5 Å². The summed E-state index contributed by atoms with van der Waals surface area (Å²) >= 11 is 0. The summed E-state index contributed by atoms with van der Waals surface area (Å²) in [6.07, 6.45) is 3.00. The quantitative estimate of drug-likeness (QED) is 0.852. The second kappa shape index (κ2) is 8.01. The molecule has 0 saturated carbocycles. The van der Waals surface area contributed by atoms with Crippen LogP contribution in [0.5, 0.6) is 11.5 Å². The number of benzene rings is 2. The number of ether oxygens (including phenoxy) is 3. The molecule has 2 aromatic rings. The van der Waals surface area contributed by atoms with Crippen LogP contribution in [0.25, 0.3) is 0 Å². The fraction of sp³-hybridized carbons (Fsp3) is 0.409. The summed E-state index contributed by atoms with van der Waals surface area (Å²) in [4.78, 5) is 12.5. The van der Waals surface area contributed by atoms with Gasteiger partial charge in [-0.1, -0.05) is 36.4 Å². The molecular formula is C22H25NO4. The lowest BCUT2D eigenvalue weighted by Gasteiger charge is -2.38. The van der Waals surface area contributed by atoms with Crippen molar-refractivity contribution in [3.05, 3.63) is 59.7 Å². The van der Waals surface area contributed by atoms with Crippen LogP contribution in [-0.2, 0) is 21.4 Å². The second-order valence-corrected chi connectivity index (χ2v) is 7.22. The van der Waals surface area contributed by atoms with E-state index in [1.54, 1.807) is 0 Å². The molecule has 1 amide bonds. The monoisotopic (exact) mass is 367 g/mol. The van der Waals surface area contributed by atoms with Crippen LogP contribution in [0.2, 0.25) is 0 Å². The van der Waals surface area contributed by atoms with E-state index >= 15 is 0 Å². The molecule has 1 N–H and O–H groups in total. The number of nitrogens with one attached hydrogen (secondary N) is 1. The third kappa shape index (κ3) is 4.08. The van der Waals surface area contributed by atoms with Gasteiger partial charge in [0.2, 0.25) is 12.7 Å². The Morgan fingerprint density at radius 1 is 1.00 bits per heavy atom. The summed E-state index contributed by atoms with van der Waals surface area (Å²) in [5, 5.41) is 3.16. The average Bonchev–Trinajstić information content (AvgIpc) is 3.20. The molecule has 0 spiro atoms. The standard InChI is InChI=1S/C22H25NO4/c24-21(9-7-17-6-8-19-20(14-17)27-16-26-19)23-15-22(10-12-25-13-11-22)18-4-2-1-3-5-18/h1-6,8,14H,7,9-13,15-16H2,(H,23,24). The zero-order chi connectivity index (χ0) is 18.5. The van der Waals surface area contributed by atoms with Gasteiger partial charge in [-0.2, -0.15) is 0 Å². The van der Waals surface area contributed by atoms with Gasteiger partial charge in [0.05, 0.1) is 0 Å². The molecule has 0 atom stereocenters. The molecular weight excluding hydrogens is 342 g/mol. The molecule has 142 valence electrons. The van der Waals surface area contributed by atoms with E-state index < -0.39 is 0 Å². The van der Waals surface area contributed by atoms with Crippen molar-refractivity contribution in [2.75, 3.05) is 26.6 Å². The minimum atomic E-state index is -0.0338. The minimum Gasteiger partial charge on any atom is -0.454 e. The van der Waals surface area contributed by atoms with Gasteiger partial charge in [0.15, 0.2) is 11.5 Å². The molecule has 2 aliphatic rings. The van der Waals surface area contributed by atoms with Gasteiger partial charge in [0.1, 0.15) is 0 Å². The Hall–Kier alpha value is -2.53. The topological polar surface area (TPSA) is 56.8 Å². The fourth-order valence-corrected chi connectivity index (χ4v) is 3.83. The van der Waals surface area contributed by atoms with Gasteiger partial charge in [0, 0.05) is 31.6 Å². The molecule has 1 saturated heterocycles. The third-order valence-corrected chi connectivity index (χ3v) is 5.54. The highest BCUT2D eigenvalue weighted by Gasteiger charge is 2.34. The maximum atomic E-state index is 12.5. The van der Waals surface area contributed by atoms with E-state index in [0.717, 1.165) is 43.1 Å². The first-order valence-electron chi connectivity index (χ1n) is 9.54. The van der Waals surface area contributed by atoms with Gasteiger partial charge >= 0.3 is 0 Å². The molecule has 0 aromatic heterocycles. The molecule has 2 aromatic carbocycles. The number of rotatable bonds is 6. The van der Waals surface area contributed by atoms with Gasteiger partial charge in [-0.15, -0.1) is 0 Å². The summed E-state index contributed by atoms with van der Waals surface area (Å²) < 4.78 is 16.3. The predicted octanol–water partition coefficient (Wildman–Crippen LogP) is 3.21. The molecule has 1 fully saturated rings. The number of carbonyl (C=O) groups excluding carboxylic acids is 1. The lowest BCUT2D eigenvalue weighted by Crippen LogP contribution is -2.44. The second-order valence-electron chi connectivity index (χ2n) is 7.22. The largest absolute Gasteiger partial charge is 0.454 e. The highest BCUT2D eigenvalue weighted by Crippen LogP contribution is 2.34. The Morgan fingerprint density at radius 3 is 2.59 bits per heavy atom. The molecule has 4 rings (SSSR count). The number of fused-ring (bicyclic) bond motifs is 1. The van der Waals surface area contributed by atoms with E-state index in [0.29, 0.717) is 19.4 Å². The normalized spacial score (nSPS) is 17.5. The molecule has 0 unspecified atom stereocenters. The zero-order valence-corrected chi connectivity index (χ0v) is 15.4. The lowest BCUT2D eigenvalue weighted by molar-refractivity contribution is -0.121. The van der Waals surface area contributed by atoms with Crippen LogP contribution in [0.15, 0.2) is 48.5 Å². The van der Waals surface area contributed by atoms with Crippen molar-refractivity contribution in [3.63, 3.8) is 0 Å². The van der Waals surface area contributed by atoms with Crippen molar-refractivity contribution < 1.29 is 19.0 Å². The minimum absolute atomic E-state index is 0.0338. The summed E-state index contributed by atoms with van der Waals surface area (Å²) in [5.41, 5.74) is 2.33. The van der Waals surface area contributed by atoms with Crippen molar-refractivity contribution in [3.8, 4) is 11.5 Å². The van der Waals surface area contributed by atoms with E-state index in [-0.39, 0.29) is 18.1 Å². The molecule has 2 heterocycles. The van der Waals surface area contributed by atoms with Crippen LogP contribution in [0.4, 0.5) is 0 Å². The molecule has 0 radical (unpaired) electrons. The average molecular weight is 367 g/mol. The van der Waals surface area contributed by atoms with E-state index in [2.05, 4.69) is 29.6 Å². The summed E-state index contributed by atoms with van der Waals surface area (Å²) in [7, 11) is 0. The van der Waals surface area contributed by atoms with E-state index in [1.807, 2.05) is 24.3 Å². The van der Waals surface area contributed by atoms with Gasteiger partial charge in [-0.05, 0) is 42.5 Å². The number of carbonyl (C=O) groups is 1. The molecule has 27 heavy (non-hydrogen) atoms. The van der Waals surface area contributed by atoms with Gasteiger partial charge < -0.3 is 19.5 Å². The molecule has 5 nitrogen and oxygen atoms in total. The first-order valence-corrected chi connectivity index (χ1v) is 9.54. The van der Waals surface area contributed by atoms with Crippen molar-refractivity contribution >= 4 is 5.91 Å². The van der Waals surface area contributed by atoms with Crippen LogP contribution in [0.3, 0.4) is 0 Å². The van der Waals surface area contributed by atoms with Crippen LogP contribution < -0.4 is 14.8 Å². The fourth-order valence-electron chi connectivity index (χ4n) is 3.83. The van der Waals surface area contributed by atoms with Crippen molar-refractivity contribution in [1.82, 2.24) is 5.32 Å². The predicted molar refractivity (Wildman–Crippen MR) is 102 cm³/mol. The van der Waals surface area contributed by atoms with Crippen LogP contribution in [0, 0.1) is 0 Å². The molecule has 0 aliphatic carbocycles. The highest BCUT2D eigenvalue weighted by molar-refractivity contribution is 5.76. The molecule has 2 aliphatic heterocycles. The zero-order valence-electron chi connectivity index (χ0n) is 15.4. The first-order chi connectivity index (χ1) is 13.3. The van der Waals surface area contributed by atoms with E-state index in [9.17, 15) is 4.79 Å². The number of hydrogen-bond acceptors (Lipinski definition) is 4. The Bertz CT molecular complexity index is 784. The summed E-state index contributed by atoms with van der Waals surface area (Å²) in [5.74, 6) is 1.61. The maximum absolute atomic E-state index is 12.5. The Labute approximate surface area is 159 Å². The molecule has 0 bridgehead atoms. The van der Waals surface area contributed by atoms with Gasteiger partial charge in [0.25, 0.3) is 0 Å². The van der Waals surface area contributed by atoms with Crippen molar-refractivity contribution in [2.24, 2.45) is 0 Å². The SMILES string of the molecule is O=C(CCc1ccc2c(c1)OCO2)NCC1(c2ccccc2)CCOCC1. The molecule has 5 heteroatoms. The Morgan fingerprint density at radius 2 is 1.78 bits per heavy atom. The smallest absolute Gasteiger partial charge is 0.231 e. The lowest BCUT2D eigenvalue weighted by atomic mass is 9.74. The van der Waals surface area contributed by atoms with Crippen molar-refractivity contribution in [1.29, 1.82) is 0 Å². The maximum Gasteiger partial charge on any atom is 0.231 e. The number of aryl methyl sites for hydroxylation is 1. The number of hydrogen-bond donors (Lipinski definition) is 1. The van der Waals surface area contributed by atoms with E-state index in [1.165, 1.54) is 5.56 Å². The van der Waals surface area contributed by atoms with Gasteiger partial charge in [-0.3, -0.25) is 4.79 Å². The van der Waals surface area contributed by atoms with Crippen molar-refractivity contribution in [2.45, 2.75) is 31.1 Å².